The van der Waals surface area contributed by atoms with Crippen molar-refractivity contribution in [2.24, 2.45) is 0 Å². The summed E-state index contributed by atoms with van der Waals surface area (Å²) in [6, 6.07) is 7.41. The molecule has 1 aromatic heterocycles. The first-order valence-corrected chi connectivity index (χ1v) is 6.90. The van der Waals surface area contributed by atoms with Crippen molar-refractivity contribution < 1.29 is 9.59 Å². The minimum atomic E-state index is -0.333. The van der Waals surface area contributed by atoms with Crippen LogP contribution in [0.25, 0.3) is 0 Å². The van der Waals surface area contributed by atoms with Crippen LogP contribution in [0.15, 0.2) is 42.9 Å². The van der Waals surface area contributed by atoms with Crippen LogP contribution in [0.3, 0.4) is 0 Å². The highest BCUT2D eigenvalue weighted by atomic mass is 16.2. The quantitative estimate of drug-likeness (QED) is 0.854. The number of nitrogens with zero attached hydrogens (tertiary/aromatic N) is 3. The summed E-state index contributed by atoms with van der Waals surface area (Å²) in [4.78, 5) is 33.4. The third-order valence-corrected chi connectivity index (χ3v) is 3.09. The first-order valence-electron chi connectivity index (χ1n) is 6.90. The summed E-state index contributed by atoms with van der Waals surface area (Å²) in [5.41, 5.74) is 2.47. The Hall–Kier alpha value is -2.76. The molecule has 0 spiro atoms. The van der Waals surface area contributed by atoms with Gasteiger partial charge in [-0.3, -0.25) is 19.6 Å². The van der Waals surface area contributed by atoms with E-state index in [1.165, 1.54) is 4.90 Å². The van der Waals surface area contributed by atoms with Crippen LogP contribution in [0, 0.1) is 6.92 Å². The first-order chi connectivity index (χ1) is 10.5. The van der Waals surface area contributed by atoms with Gasteiger partial charge in [0.15, 0.2) is 0 Å². The maximum Gasteiger partial charge on any atom is 0.233 e. The molecule has 2 rings (SSSR count). The van der Waals surface area contributed by atoms with Gasteiger partial charge in [0.2, 0.25) is 11.8 Å². The molecule has 1 aromatic carbocycles. The fourth-order valence-electron chi connectivity index (χ4n) is 1.86. The monoisotopic (exact) mass is 298 g/mol. The Bertz CT molecular complexity index is 641. The Balaban J connectivity index is 1.85. The van der Waals surface area contributed by atoms with Crippen molar-refractivity contribution in [3.63, 3.8) is 0 Å². The second-order valence-electron chi connectivity index (χ2n) is 5.04. The Morgan fingerprint density at radius 2 is 1.91 bits per heavy atom. The van der Waals surface area contributed by atoms with Gasteiger partial charge in [0, 0.05) is 25.1 Å². The van der Waals surface area contributed by atoms with Crippen LogP contribution < -0.4 is 5.32 Å². The zero-order valence-electron chi connectivity index (χ0n) is 12.6. The van der Waals surface area contributed by atoms with Gasteiger partial charge in [-0.1, -0.05) is 17.7 Å². The standard InChI is InChI=1S/C16H18N4O2/c1-12-3-5-13(6-4-12)19-15(21)9-16(22)20(2)11-14-10-17-7-8-18-14/h3-8,10H,9,11H2,1-2H3,(H,19,21). The maximum atomic E-state index is 12.0. The summed E-state index contributed by atoms with van der Waals surface area (Å²) in [6.45, 7) is 2.29. The largest absolute Gasteiger partial charge is 0.339 e. The van der Waals surface area contributed by atoms with Crippen LogP contribution in [-0.2, 0) is 16.1 Å². The van der Waals surface area contributed by atoms with Crippen molar-refractivity contribution in [3.8, 4) is 0 Å². The molecule has 0 fully saturated rings. The zero-order chi connectivity index (χ0) is 15.9. The van der Waals surface area contributed by atoms with Crippen LogP contribution in [0.5, 0.6) is 0 Å². The molecule has 114 valence electrons. The van der Waals surface area contributed by atoms with Gasteiger partial charge in [-0.15, -0.1) is 0 Å². The highest BCUT2D eigenvalue weighted by Crippen LogP contribution is 2.09. The van der Waals surface area contributed by atoms with Gasteiger partial charge in [-0.2, -0.15) is 0 Å². The summed E-state index contributed by atoms with van der Waals surface area (Å²) in [5, 5.41) is 2.70. The van der Waals surface area contributed by atoms with Crippen molar-refractivity contribution in [1.82, 2.24) is 14.9 Å². The number of hydrogen-bond acceptors (Lipinski definition) is 4. The second-order valence-corrected chi connectivity index (χ2v) is 5.04. The molecule has 0 atom stereocenters. The van der Waals surface area contributed by atoms with Crippen LogP contribution in [0.2, 0.25) is 0 Å². The van der Waals surface area contributed by atoms with Crippen molar-refractivity contribution in [2.45, 2.75) is 19.9 Å². The molecule has 0 unspecified atom stereocenters. The van der Waals surface area contributed by atoms with Crippen LogP contribution in [0.1, 0.15) is 17.7 Å². The fraction of sp³-hybridized carbons (Fsp3) is 0.250. The van der Waals surface area contributed by atoms with Gasteiger partial charge in [-0.05, 0) is 19.1 Å². The van der Waals surface area contributed by atoms with Gasteiger partial charge in [0.25, 0.3) is 0 Å². The Morgan fingerprint density at radius 1 is 1.18 bits per heavy atom. The molecule has 0 saturated heterocycles. The maximum absolute atomic E-state index is 12.0. The number of carbonyl (C=O) groups is 2. The number of aromatic nitrogens is 2. The minimum absolute atomic E-state index is 0.204. The molecule has 0 aliphatic rings. The summed E-state index contributed by atoms with van der Waals surface area (Å²) in [7, 11) is 1.64. The van der Waals surface area contributed by atoms with Crippen molar-refractivity contribution in [3.05, 3.63) is 54.1 Å². The zero-order valence-corrected chi connectivity index (χ0v) is 12.6. The van der Waals surface area contributed by atoms with Crippen molar-refractivity contribution in [1.29, 1.82) is 0 Å². The number of anilines is 1. The van der Waals surface area contributed by atoms with Gasteiger partial charge in [0.05, 0.1) is 18.4 Å². The molecule has 6 heteroatoms. The SMILES string of the molecule is Cc1ccc(NC(=O)CC(=O)N(C)Cc2cnccn2)cc1. The topological polar surface area (TPSA) is 75.2 Å². The molecule has 0 saturated carbocycles. The molecule has 1 N–H and O–H groups in total. The van der Waals surface area contributed by atoms with E-state index in [2.05, 4.69) is 15.3 Å². The number of nitrogens with one attached hydrogen (secondary N) is 1. The third kappa shape index (κ3) is 4.66. The van der Waals surface area contributed by atoms with Gasteiger partial charge in [0.1, 0.15) is 6.42 Å². The van der Waals surface area contributed by atoms with Crippen LogP contribution in [0.4, 0.5) is 5.69 Å². The Labute approximate surface area is 129 Å². The predicted molar refractivity (Wildman–Crippen MR) is 82.9 cm³/mol. The number of amides is 2. The van der Waals surface area contributed by atoms with E-state index >= 15 is 0 Å². The molecule has 0 bridgehead atoms. The van der Waals surface area contributed by atoms with E-state index in [1.54, 1.807) is 37.8 Å². The molecule has 22 heavy (non-hydrogen) atoms. The lowest BCUT2D eigenvalue weighted by atomic mass is 10.2. The fourth-order valence-corrected chi connectivity index (χ4v) is 1.86. The van der Waals surface area contributed by atoms with Crippen LogP contribution >= 0.6 is 0 Å². The van der Waals surface area contributed by atoms with E-state index in [0.29, 0.717) is 17.9 Å². The average molecular weight is 298 g/mol. The lowest BCUT2D eigenvalue weighted by molar-refractivity contribution is -0.134. The third-order valence-electron chi connectivity index (χ3n) is 3.09. The van der Waals surface area contributed by atoms with Crippen LogP contribution in [-0.4, -0.2) is 33.7 Å². The number of benzene rings is 1. The normalized spacial score (nSPS) is 10.1. The molecule has 2 amide bonds. The second kappa shape index (κ2) is 7.31. The van der Waals surface area contributed by atoms with E-state index in [0.717, 1.165) is 5.56 Å². The Morgan fingerprint density at radius 3 is 2.55 bits per heavy atom. The minimum Gasteiger partial charge on any atom is -0.339 e. The summed E-state index contributed by atoms with van der Waals surface area (Å²) in [6.07, 6.45) is 4.53. The molecule has 0 radical (unpaired) electrons. The highest BCUT2D eigenvalue weighted by Gasteiger charge is 2.14. The molecule has 0 aliphatic carbocycles. The molecule has 2 aromatic rings. The van der Waals surface area contributed by atoms with E-state index in [1.807, 2.05) is 19.1 Å². The van der Waals surface area contributed by atoms with Gasteiger partial charge >= 0.3 is 0 Å². The van der Waals surface area contributed by atoms with Gasteiger partial charge < -0.3 is 10.2 Å². The average Bonchev–Trinajstić information content (AvgIpc) is 2.50. The number of rotatable bonds is 5. The lowest BCUT2D eigenvalue weighted by Gasteiger charge is -2.16. The number of aryl methyl sites for hydroxylation is 1. The van der Waals surface area contributed by atoms with E-state index in [4.69, 9.17) is 0 Å². The Kier molecular flexibility index (Phi) is 5.19. The summed E-state index contributed by atoms with van der Waals surface area (Å²) >= 11 is 0. The van der Waals surface area contributed by atoms with E-state index in [-0.39, 0.29) is 18.2 Å². The van der Waals surface area contributed by atoms with E-state index < -0.39 is 0 Å². The van der Waals surface area contributed by atoms with E-state index in [9.17, 15) is 9.59 Å². The lowest BCUT2D eigenvalue weighted by Crippen LogP contribution is -2.30. The molecular weight excluding hydrogens is 280 g/mol. The predicted octanol–water partition coefficient (Wildman–Crippen LogP) is 1.77. The number of hydrogen-bond donors (Lipinski definition) is 1. The van der Waals surface area contributed by atoms with Crippen molar-refractivity contribution in [2.75, 3.05) is 12.4 Å². The molecule has 0 aliphatic heterocycles. The summed E-state index contributed by atoms with van der Waals surface area (Å²) < 4.78 is 0. The molecular formula is C16H18N4O2. The molecule has 1 heterocycles. The number of carbonyl (C=O) groups excluding carboxylic acids is 2. The smallest absolute Gasteiger partial charge is 0.233 e. The first kappa shape index (κ1) is 15.6. The molecule has 6 nitrogen and oxygen atoms in total. The summed E-state index contributed by atoms with van der Waals surface area (Å²) in [5.74, 6) is -0.602. The van der Waals surface area contributed by atoms with Gasteiger partial charge in [-0.25, -0.2) is 0 Å². The highest BCUT2D eigenvalue weighted by molar-refractivity contribution is 6.03. The van der Waals surface area contributed by atoms with Crippen molar-refractivity contribution >= 4 is 17.5 Å².